The SMILES string of the molecule is COc1cc2c(cc1OC)N(Cc1ccccc1)C[C@H]1O[C@@H]3OC(C)(C)O[C@@H]3[C@H]1OC2. The van der Waals surface area contributed by atoms with Gasteiger partial charge in [-0.3, -0.25) is 0 Å². The first kappa shape index (κ1) is 20.6. The minimum atomic E-state index is -0.676. The fourth-order valence-electron chi connectivity index (χ4n) is 4.67. The average Bonchev–Trinajstić information content (AvgIpc) is 3.21. The molecule has 0 spiro atoms. The van der Waals surface area contributed by atoms with Crippen molar-refractivity contribution in [3.63, 3.8) is 0 Å². The highest BCUT2D eigenvalue weighted by atomic mass is 16.8. The average molecular weight is 427 g/mol. The molecule has 31 heavy (non-hydrogen) atoms. The van der Waals surface area contributed by atoms with Gasteiger partial charge in [-0.15, -0.1) is 0 Å². The van der Waals surface area contributed by atoms with Gasteiger partial charge in [-0.25, -0.2) is 0 Å². The predicted molar refractivity (Wildman–Crippen MR) is 114 cm³/mol. The minimum Gasteiger partial charge on any atom is -0.493 e. The molecule has 166 valence electrons. The third-order valence-electron chi connectivity index (χ3n) is 6.06. The molecule has 2 fully saturated rings. The summed E-state index contributed by atoms with van der Waals surface area (Å²) in [6.45, 7) is 5.60. The highest BCUT2D eigenvalue weighted by molar-refractivity contribution is 5.62. The van der Waals surface area contributed by atoms with Crippen LogP contribution in [0.5, 0.6) is 11.5 Å². The maximum absolute atomic E-state index is 6.36. The number of hydrogen-bond acceptors (Lipinski definition) is 7. The van der Waals surface area contributed by atoms with Gasteiger partial charge in [-0.2, -0.15) is 0 Å². The molecule has 7 heteroatoms. The highest BCUT2D eigenvalue weighted by Gasteiger charge is 2.56. The lowest BCUT2D eigenvalue weighted by molar-refractivity contribution is -0.218. The van der Waals surface area contributed by atoms with Crippen molar-refractivity contribution in [2.45, 2.75) is 57.4 Å². The van der Waals surface area contributed by atoms with Gasteiger partial charge in [0.15, 0.2) is 23.6 Å². The summed E-state index contributed by atoms with van der Waals surface area (Å²) >= 11 is 0. The molecule has 7 nitrogen and oxygen atoms in total. The van der Waals surface area contributed by atoms with Gasteiger partial charge in [0, 0.05) is 30.4 Å². The van der Waals surface area contributed by atoms with Gasteiger partial charge in [0.1, 0.15) is 18.3 Å². The Labute approximate surface area is 182 Å². The van der Waals surface area contributed by atoms with Gasteiger partial charge in [-0.05, 0) is 25.5 Å². The molecule has 0 amide bonds. The number of nitrogens with zero attached hydrogens (tertiary/aromatic N) is 1. The molecule has 3 aliphatic rings. The topological polar surface area (TPSA) is 58.6 Å². The van der Waals surface area contributed by atoms with Crippen molar-refractivity contribution in [3.05, 3.63) is 53.6 Å². The first-order valence-corrected chi connectivity index (χ1v) is 10.6. The molecular formula is C24H29NO6. The Morgan fingerprint density at radius 3 is 2.48 bits per heavy atom. The lowest BCUT2D eigenvalue weighted by Crippen LogP contribution is -2.44. The molecular weight excluding hydrogens is 398 g/mol. The van der Waals surface area contributed by atoms with E-state index in [2.05, 4.69) is 29.2 Å². The van der Waals surface area contributed by atoms with Crippen LogP contribution < -0.4 is 14.4 Å². The van der Waals surface area contributed by atoms with E-state index in [1.54, 1.807) is 14.2 Å². The van der Waals surface area contributed by atoms with Crippen molar-refractivity contribution < 1.29 is 28.4 Å². The number of benzene rings is 2. The Morgan fingerprint density at radius 1 is 1.00 bits per heavy atom. The molecule has 5 rings (SSSR count). The van der Waals surface area contributed by atoms with Crippen LogP contribution in [0.15, 0.2) is 42.5 Å². The zero-order chi connectivity index (χ0) is 21.6. The van der Waals surface area contributed by atoms with Crippen molar-refractivity contribution in [2.75, 3.05) is 25.7 Å². The summed E-state index contributed by atoms with van der Waals surface area (Å²) in [6.07, 6.45) is -1.06. The number of fused-ring (bicyclic) bond motifs is 4. The van der Waals surface area contributed by atoms with Crippen LogP contribution in [-0.2, 0) is 32.1 Å². The maximum Gasteiger partial charge on any atom is 0.190 e. The molecule has 0 aromatic heterocycles. The number of rotatable bonds is 4. The van der Waals surface area contributed by atoms with Gasteiger partial charge in [-0.1, -0.05) is 30.3 Å². The Bertz CT molecular complexity index is 933. The molecule has 0 aliphatic carbocycles. The second-order valence-electron chi connectivity index (χ2n) is 8.62. The predicted octanol–water partition coefficient (Wildman–Crippen LogP) is 3.49. The summed E-state index contributed by atoms with van der Waals surface area (Å²) in [5, 5.41) is 0. The number of methoxy groups -OCH3 is 2. The zero-order valence-corrected chi connectivity index (χ0v) is 18.4. The van der Waals surface area contributed by atoms with E-state index in [1.807, 2.05) is 32.0 Å². The minimum absolute atomic E-state index is 0.170. The van der Waals surface area contributed by atoms with E-state index in [-0.39, 0.29) is 18.3 Å². The van der Waals surface area contributed by atoms with Crippen molar-refractivity contribution >= 4 is 5.69 Å². The standard InChI is InChI=1S/C24H29NO6/c1-24(2)30-22-21-20(29-23(22)31-24)13-25(12-15-8-6-5-7-9-15)17-11-19(27-4)18(26-3)10-16(17)14-28-21/h5-11,20-23H,12-14H2,1-4H3/t20-,21+,22-,23-/m1/s1. The number of hydrogen-bond donors (Lipinski definition) is 0. The Kier molecular flexibility index (Phi) is 5.30. The molecule has 2 aromatic rings. The van der Waals surface area contributed by atoms with Crippen LogP contribution in [0.25, 0.3) is 0 Å². The van der Waals surface area contributed by atoms with E-state index >= 15 is 0 Å². The Hall–Kier alpha value is -2.32. The van der Waals surface area contributed by atoms with E-state index in [1.165, 1.54) is 5.56 Å². The van der Waals surface area contributed by atoms with Gasteiger partial charge in [0.2, 0.25) is 0 Å². The van der Waals surface area contributed by atoms with Crippen LogP contribution in [0.1, 0.15) is 25.0 Å². The molecule has 3 heterocycles. The van der Waals surface area contributed by atoms with Crippen LogP contribution in [-0.4, -0.2) is 51.2 Å². The fourth-order valence-corrected chi connectivity index (χ4v) is 4.67. The first-order valence-electron chi connectivity index (χ1n) is 10.6. The third kappa shape index (κ3) is 3.87. The lowest BCUT2D eigenvalue weighted by atomic mass is 10.0. The van der Waals surface area contributed by atoms with E-state index < -0.39 is 12.1 Å². The Morgan fingerprint density at radius 2 is 1.74 bits per heavy atom. The molecule has 4 atom stereocenters. The molecule has 2 saturated heterocycles. The van der Waals surface area contributed by atoms with Crippen molar-refractivity contribution in [3.8, 4) is 11.5 Å². The van der Waals surface area contributed by atoms with Crippen LogP contribution in [0.4, 0.5) is 5.69 Å². The van der Waals surface area contributed by atoms with Gasteiger partial charge in [0.05, 0.1) is 20.8 Å². The van der Waals surface area contributed by atoms with Gasteiger partial charge >= 0.3 is 0 Å². The number of anilines is 1. The summed E-state index contributed by atoms with van der Waals surface area (Å²) < 4.78 is 35.8. The highest BCUT2D eigenvalue weighted by Crippen LogP contribution is 2.43. The van der Waals surface area contributed by atoms with Crippen LogP contribution in [0.3, 0.4) is 0 Å². The maximum atomic E-state index is 6.36. The van der Waals surface area contributed by atoms with Crippen LogP contribution in [0.2, 0.25) is 0 Å². The summed E-state index contributed by atoms with van der Waals surface area (Å²) in [5.74, 6) is 0.697. The Balaban J connectivity index is 1.51. The monoisotopic (exact) mass is 427 g/mol. The summed E-state index contributed by atoms with van der Waals surface area (Å²) in [6, 6.07) is 14.4. The zero-order valence-electron chi connectivity index (χ0n) is 18.4. The molecule has 0 radical (unpaired) electrons. The molecule has 0 bridgehead atoms. The second kappa shape index (κ2) is 7.98. The van der Waals surface area contributed by atoms with E-state index in [9.17, 15) is 0 Å². The van der Waals surface area contributed by atoms with Crippen molar-refractivity contribution in [2.24, 2.45) is 0 Å². The molecule has 0 unspecified atom stereocenters. The normalized spacial score (nSPS) is 28.8. The third-order valence-corrected chi connectivity index (χ3v) is 6.06. The molecule has 2 aromatic carbocycles. The molecule has 0 saturated carbocycles. The molecule has 0 N–H and O–H groups in total. The largest absolute Gasteiger partial charge is 0.493 e. The van der Waals surface area contributed by atoms with Crippen molar-refractivity contribution in [1.29, 1.82) is 0 Å². The van der Waals surface area contributed by atoms with Crippen LogP contribution in [0, 0.1) is 0 Å². The fraction of sp³-hybridized carbons (Fsp3) is 0.500. The lowest BCUT2D eigenvalue weighted by Gasteiger charge is -2.35. The van der Waals surface area contributed by atoms with Crippen LogP contribution >= 0.6 is 0 Å². The van der Waals surface area contributed by atoms with Gasteiger partial charge < -0.3 is 33.3 Å². The van der Waals surface area contributed by atoms with E-state index in [4.69, 9.17) is 28.4 Å². The number of ether oxygens (including phenoxy) is 6. The van der Waals surface area contributed by atoms with Gasteiger partial charge in [0.25, 0.3) is 0 Å². The van der Waals surface area contributed by atoms with E-state index in [0.29, 0.717) is 24.7 Å². The molecule has 3 aliphatic heterocycles. The summed E-state index contributed by atoms with van der Waals surface area (Å²) in [7, 11) is 3.30. The second-order valence-corrected chi connectivity index (χ2v) is 8.62. The first-order chi connectivity index (χ1) is 15.0. The summed E-state index contributed by atoms with van der Waals surface area (Å²) in [5.41, 5.74) is 3.30. The summed E-state index contributed by atoms with van der Waals surface area (Å²) in [4.78, 5) is 2.32. The smallest absolute Gasteiger partial charge is 0.190 e. The van der Waals surface area contributed by atoms with Crippen molar-refractivity contribution in [1.82, 2.24) is 0 Å². The van der Waals surface area contributed by atoms with E-state index in [0.717, 1.165) is 17.8 Å². The quantitative estimate of drug-likeness (QED) is 0.740.